The summed E-state index contributed by atoms with van der Waals surface area (Å²) in [6.07, 6.45) is 3.25. The van der Waals surface area contributed by atoms with E-state index < -0.39 is 24.4 Å². The molecule has 0 aliphatic carbocycles. The van der Waals surface area contributed by atoms with Gasteiger partial charge < -0.3 is 9.64 Å². The maximum atomic E-state index is 14.5. The summed E-state index contributed by atoms with van der Waals surface area (Å²) in [5.41, 5.74) is 3.68. The van der Waals surface area contributed by atoms with Crippen molar-refractivity contribution in [2.24, 2.45) is 13.0 Å². The highest BCUT2D eigenvalue weighted by atomic mass is 19.3. The first-order valence-electron chi connectivity index (χ1n) is 12.7. The van der Waals surface area contributed by atoms with Gasteiger partial charge in [-0.05, 0) is 37.5 Å². The number of rotatable bonds is 9. The first kappa shape index (κ1) is 27.3. The van der Waals surface area contributed by atoms with Crippen LogP contribution in [0.3, 0.4) is 0 Å². The number of esters is 1. The lowest BCUT2D eigenvalue weighted by Crippen LogP contribution is -2.48. The zero-order valence-electron chi connectivity index (χ0n) is 22.2. The number of aromatic nitrogens is 6. The lowest BCUT2D eigenvalue weighted by Gasteiger charge is -2.39. The van der Waals surface area contributed by atoms with Crippen LogP contribution in [-0.4, -0.2) is 61.8 Å². The molecule has 0 bridgehead atoms. The Hall–Kier alpha value is -3.70. The molecule has 1 atom stereocenters. The van der Waals surface area contributed by atoms with Gasteiger partial charge in [-0.15, -0.1) is 5.10 Å². The number of pyridine rings is 1. The maximum Gasteiger partial charge on any atom is 0.305 e. The summed E-state index contributed by atoms with van der Waals surface area (Å²) in [5, 5.41) is 12.6. The third-order valence-electron chi connectivity index (χ3n) is 6.83. The zero-order valence-corrected chi connectivity index (χ0v) is 22.2. The fourth-order valence-corrected chi connectivity index (χ4v) is 5.05. The van der Waals surface area contributed by atoms with Gasteiger partial charge in [0.15, 0.2) is 0 Å². The van der Waals surface area contributed by atoms with Gasteiger partial charge in [-0.2, -0.15) is 5.10 Å². The SMILES string of the molecule is CCCc1ccnn(CCc2c(-c3ccc(N4C[C@H](CC(=O)OC)CC(F)(F)C4)c(C)n3)nnn2C)c1=O. The van der Waals surface area contributed by atoms with Gasteiger partial charge in [-0.3, -0.25) is 14.3 Å². The number of halogens is 2. The van der Waals surface area contributed by atoms with E-state index in [2.05, 4.69) is 25.1 Å². The third kappa shape index (κ3) is 6.05. The molecule has 4 rings (SSSR count). The average molecular weight is 530 g/mol. The van der Waals surface area contributed by atoms with Crippen LogP contribution in [0.4, 0.5) is 14.5 Å². The fourth-order valence-electron chi connectivity index (χ4n) is 5.05. The zero-order chi connectivity index (χ0) is 27.4. The van der Waals surface area contributed by atoms with Gasteiger partial charge in [0.2, 0.25) is 0 Å². The van der Waals surface area contributed by atoms with Gasteiger partial charge in [-0.25, -0.2) is 18.4 Å². The van der Waals surface area contributed by atoms with Crippen LogP contribution in [0.25, 0.3) is 11.4 Å². The molecular weight excluding hydrogens is 496 g/mol. The molecule has 0 unspecified atom stereocenters. The van der Waals surface area contributed by atoms with Crippen LogP contribution in [0.2, 0.25) is 0 Å². The van der Waals surface area contributed by atoms with Crippen molar-refractivity contribution in [1.29, 1.82) is 0 Å². The Balaban J connectivity index is 1.55. The second-order valence-electron chi connectivity index (χ2n) is 9.78. The molecule has 0 spiro atoms. The van der Waals surface area contributed by atoms with E-state index in [9.17, 15) is 18.4 Å². The largest absolute Gasteiger partial charge is 0.469 e. The molecule has 0 saturated carbocycles. The van der Waals surface area contributed by atoms with Crippen LogP contribution >= 0.6 is 0 Å². The molecule has 4 heterocycles. The molecule has 0 aromatic carbocycles. The highest BCUT2D eigenvalue weighted by Gasteiger charge is 2.41. The van der Waals surface area contributed by atoms with Crippen LogP contribution in [0, 0.1) is 12.8 Å². The molecular formula is C26H33F2N7O3. The Morgan fingerprint density at radius 2 is 2.03 bits per heavy atom. The van der Waals surface area contributed by atoms with E-state index in [1.165, 1.54) is 11.8 Å². The van der Waals surface area contributed by atoms with Gasteiger partial charge in [0.05, 0.1) is 49.4 Å². The summed E-state index contributed by atoms with van der Waals surface area (Å²) < 4.78 is 36.8. The third-order valence-corrected chi connectivity index (χ3v) is 6.83. The molecule has 0 amide bonds. The Morgan fingerprint density at radius 3 is 2.74 bits per heavy atom. The summed E-state index contributed by atoms with van der Waals surface area (Å²) in [6, 6.07) is 5.25. The van der Waals surface area contributed by atoms with Crippen LogP contribution in [0.15, 0.2) is 29.2 Å². The average Bonchev–Trinajstić information content (AvgIpc) is 3.23. The van der Waals surface area contributed by atoms with E-state index in [1.807, 2.05) is 6.92 Å². The summed E-state index contributed by atoms with van der Waals surface area (Å²) in [5.74, 6) is -3.95. The monoisotopic (exact) mass is 529 g/mol. The number of anilines is 1. The van der Waals surface area contributed by atoms with E-state index in [0.717, 1.165) is 17.7 Å². The van der Waals surface area contributed by atoms with Gasteiger partial charge in [0.25, 0.3) is 11.5 Å². The Kier molecular flexibility index (Phi) is 8.17. The molecule has 0 N–H and O–H groups in total. The van der Waals surface area contributed by atoms with E-state index in [4.69, 9.17) is 0 Å². The molecule has 3 aromatic heterocycles. The minimum atomic E-state index is -2.93. The molecule has 38 heavy (non-hydrogen) atoms. The topological polar surface area (TPSA) is 108 Å². The first-order chi connectivity index (χ1) is 18.1. The van der Waals surface area contributed by atoms with E-state index in [1.54, 1.807) is 47.9 Å². The first-order valence-corrected chi connectivity index (χ1v) is 12.7. The molecule has 0 radical (unpaired) electrons. The van der Waals surface area contributed by atoms with E-state index in [0.29, 0.717) is 48.7 Å². The van der Waals surface area contributed by atoms with Gasteiger partial charge in [0.1, 0.15) is 5.69 Å². The minimum Gasteiger partial charge on any atom is -0.469 e. The normalized spacial score (nSPS) is 17.0. The van der Waals surface area contributed by atoms with Crippen LogP contribution in [0.1, 0.15) is 43.1 Å². The number of alkyl halides is 2. The molecule has 3 aromatic rings. The standard InChI is InChI=1S/C26H33F2N7O3/c1-5-6-19-9-11-29-35(25(19)37)12-10-22-24(31-32-33(22)3)20-7-8-21(17(2)30-20)34-15-18(13-23(36)38-4)14-26(27,28)16-34/h7-9,11,18H,5-6,10,12-16H2,1-4H3/t18-/m1/s1. The number of hydrogen-bond donors (Lipinski definition) is 0. The smallest absolute Gasteiger partial charge is 0.305 e. The second kappa shape index (κ2) is 11.4. The van der Waals surface area contributed by atoms with Crippen molar-refractivity contribution in [1.82, 2.24) is 29.8 Å². The van der Waals surface area contributed by atoms with Crippen molar-refractivity contribution in [3.05, 3.63) is 51.7 Å². The van der Waals surface area contributed by atoms with Gasteiger partial charge >= 0.3 is 5.97 Å². The number of hydrogen-bond acceptors (Lipinski definition) is 8. The summed E-state index contributed by atoms with van der Waals surface area (Å²) in [4.78, 5) is 30.7. The summed E-state index contributed by atoms with van der Waals surface area (Å²) >= 11 is 0. The molecule has 1 fully saturated rings. The lowest BCUT2D eigenvalue weighted by molar-refractivity contribution is -0.142. The van der Waals surface area contributed by atoms with Crippen molar-refractivity contribution in [2.75, 3.05) is 25.1 Å². The predicted molar refractivity (Wildman–Crippen MR) is 137 cm³/mol. The summed E-state index contributed by atoms with van der Waals surface area (Å²) in [7, 11) is 3.03. The predicted octanol–water partition coefficient (Wildman–Crippen LogP) is 2.96. The quantitative estimate of drug-likeness (QED) is 0.390. The summed E-state index contributed by atoms with van der Waals surface area (Å²) in [6.45, 7) is 4.00. The highest BCUT2D eigenvalue weighted by Crippen LogP contribution is 2.36. The van der Waals surface area contributed by atoms with Gasteiger partial charge in [-0.1, -0.05) is 18.6 Å². The Morgan fingerprint density at radius 1 is 1.24 bits per heavy atom. The number of methoxy groups -OCH3 is 1. The van der Waals surface area contributed by atoms with Crippen LogP contribution < -0.4 is 10.5 Å². The van der Waals surface area contributed by atoms with Crippen molar-refractivity contribution in [3.63, 3.8) is 0 Å². The molecule has 10 nitrogen and oxygen atoms in total. The molecule has 12 heteroatoms. The van der Waals surface area contributed by atoms with Crippen molar-refractivity contribution >= 4 is 11.7 Å². The van der Waals surface area contributed by atoms with Crippen molar-refractivity contribution < 1.29 is 18.3 Å². The van der Waals surface area contributed by atoms with Crippen LogP contribution in [-0.2, 0) is 36.0 Å². The molecule has 1 aliphatic heterocycles. The molecule has 204 valence electrons. The Labute approximate surface area is 219 Å². The lowest BCUT2D eigenvalue weighted by atomic mass is 9.91. The highest BCUT2D eigenvalue weighted by molar-refractivity contribution is 5.69. The van der Waals surface area contributed by atoms with Gasteiger partial charge in [0, 0.05) is 38.2 Å². The van der Waals surface area contributed by atoms with Crippen LogP contribution in [0.5, 0.6) is 0 Å². The minimum absolute atomic E-state index is 0.0601. The number of carbonyl (C=O) groups excluding carboxylic acids is 1. The number of ether oxygens (including phenoxy) is 1. The number of piperidine rings is 1. The Bertz CT molecular complexity index is 1350. The number of aryl methyl sites for hydroxylation is 4. The number of nitrogens with zero attached hydrogens (tertiary/aromatic N) is 7. The molecule has 1 saturated heterocycles. The van der Waals surface area contributed by atoms with Crippen molar-refractivity contribution in [3.8, 4) is 11.4 Å². The van der Waals surface area contributed by atoms with Crippen molar-refractivity contribution in [2.45, 2.75) is 58.4 Å². The molecule has 1 aliphatic rings. The fraction of sp³-hybridized carbons (Fsp3) is 0.538. The second-order valence-corrected chi connectivity index (χ2v) is 9.78. The van der Waals surface area contributed by atoms with E-state index in [-0.39, 0.29) is 18.4 Å². The maximum absolute atomic E-state index is 14.5. The van der Waals surface area contributed by atoms with E-state index >= 15 is 0 Å². The number of carbonyl (C=O) groups is 1.